The van der Waals surface area contributed by atoms with Crippen molar-refractivity contribution in [3.63, 3.8) is 0 Å². The molecule has 19 heavy (non-hydrogen) atoms. The fourth-order valence-electron chi connectivity index (χ4n) is 2.91. The van der Waals surface area contributed by atoms with Crippen molar-refractivity contribution in [2.24, 2.45) is 11.8 Å². The molecular formula is C15H23NO2S. The third-order valence-corrected chi connectivity index (χ3v) is 5.23. The van der Waals surface area contributed by atoms with Crippen molar-refractivity contribution < 1.29 is 9.90 Å². The van der Waals surface area contributed by atoms with Crippen molar-refractivity contribution in [3.8, 4) is 0 Å². The monoisotopic (exact) mass is 281 g/mol. The topological polar surface area (TPSA) is 50.2 Å². The Balaban J connectivity index is 2.20. The summed E-state index contributed by atoms with van der Waals surface area (Å²) >= 11 is 1.41. The predicted molar refractivity (Wildman–Crippen MR) is 78.0 cm³/mol. The molecule has 3 nitrogen and oxygen atoms in total. The maximum atomic E-state index is 11.3. The fraction of sp³-hybridized carbons (Fsp3) is 0.733. The van der Waals surface area contributed by atoms with Crippen LogP contribution in [-0.4, -0.2) is 16.1 Å². The molecule has 1 saturated carbocycles. The number of rotatable bonds is 5. The molecule has 1 heterocycles. The number of nitrogens with zero attached hydrogens (tertiary/aromatic N) is 1. The molecule has 0 aliphatic heterocycles. The predicted octanol–water partition coefficient (Wildman–Crippen LogP) is 4.33. The summed E-state index contributed by atoms with van der Waals surface area (Å²) in [5, 5.41) is 10.4. The number of carboxylic acid groups (broad SMARTS) is 1. The summed E-state index contributed by atoms with van der Waals surface area (Å²) in [6.07, 6.45) is 5.62. The highest BCUT2D eigenvalue weighted by Gasteiger charge is 2.29. The summed E-state index contributed by atoms with van der Waals surface area (Å²) in [5.74, 6) is 0.925. The minimum absolute atomic E-state index is 0.444. The van der Waals surface area contributed by atoms with Gasteiger partial charge in [-0.05, 0) is 37.5 Å². The van der Waals surface area contributed by atoms with Crippen LogP contribution in [-0.2, 0) is 6.42 Å². The van der Waals surface area contributed by atoms with Gasteiger partial charge in [-0.3, -0.25) is 0 Å². The van der Waals surface area contributed by atoms with Crippen molar-refractivity contribution in [2.75, 3.05) is 0 Å². The highest BCUT2D eigenvalue weighted by molar-refractivity contribution is 7.13. The lowest BCUT2D eigenvalue weighted by molar-refractivity contribution is 0.0700. The van der Waals surface area contributed by atoms with E-state index in [2.05, 4.69) is 25.8 Å². The molecule has 1 aliphatic carbocycles. The van der Waals surface area contributed by atoms with Gasteiger partial charge in [0, 0.05) is 5.92 Å². The molecule has 0 aromatic carbocycles. The summed E-state index contributed by atoms with van der Waals surface area (Å²) in [7, 11) is 0. The molecule has 2 unspecified atom stereocenters. The Morgan fingerprint density at radius 1 is 1.47 bits per heavy atom. The van der Waals surface area contributed by atoms with Crippen LogP contribution < -0.4 is 0 Å². The number of thiazole rings is 1. The quantitative estimate of drug-likeness (QED) is 0.873. The van der Waals surface area contributed by atoms with Gasteiger partial charge in [0.25, 0.3) is 0 Å². The van der Waals surface area contributed by atoms with E-state index in [1.54, 1.807) is 0 Å². The fourth-order valence-corrected chi connectivity index (χ4v) is 3.99. The number of aromatic nitrogens is 1. The summed E-state index contributed by atoms with van der Waals surface area (Å²) in [5.41, 5.74) is 0.794. The highest BCUT2D eigenvalue weighted by Crippen LogP contribution is 2.41. The molecule has 0 amide bonds. The van der Waals surface area contributed by atoms with Gasteiger partial charge < -0.3 is 5.11 Å². The van der Waals surface area contributed by atoms with E-state index >= 15 is 0 Å². The first-order chi connectivity index (χ1) is 9.01. The lowest BCUT2D eigenvalue weighted by Gasteiger charge is -2.06. The van der Waals surface area contributed by atoms with Crippen molar-refractivity contribution in [3.05, 3.63) is 15.6 Å². The van der Waals surface area contributed by atoms with E-state index in [1.807, 2.05) is 0 Å². The Bertz CT molecular complexity index is 453. The molecule has 1 aromatic rings. The lowest BCUT2D eigenvalue weighted by Crippen LogP contribution is -2.03. The van der Waals surface area contributed by atoms with Gasteiger partial charge >= 0.3 is 5.97 Å². The van der Waals surface area contributed by atoms with Crippen molar-refractivity contribution in [2.45, 2.75) is 58.8 Å². The molecule has 1 fully saturated rings. The molecule has 1 aliphatic rings. The minimum atomic E-state index is -0.815. The van der Waals surface area contributed by atoms with Crippen LogP contribution in [0.15, 0.2) is 0 Å². The van der Waals surface area contributed by atoms with Crippen molar-refractivity contribution >= 4 is 17.3 Å². The molecule has 0 radical (unpaired) electrons. The second kappa shape index (κ2) is 6.04. The SMILES string of the molecule is CCC1CCC(c2nc(CC(C)C)c(C(=O)O)s2)C1. The van der Waals surface area contributed by atoms with E-state index in [-0.39, 0.29) is 0 Å². The largest absolute Gasteiger partial charge is 0.477 e. The number of hydrogen-bond acceptors (Lipinski definition) is 3. The number of hydrogen-bond donors (Lipinski definition) is 1. The Kier molecular flexibility index (Phi) is 4.61. The number of aromatic carboxylic acids is 1. The first-order valence-electron chi connectivity index (χ1n) is 7.24. The van der Waals surface area contributed by atoms with E-state index < -0.39 is 5.97 Å². The van der Waals surface area contributed by atoms with Crippen molar-refractivity contribution in [1.82, 2.24) is 4.98 Å². The standard InChI is InChI=1S/C15H23NO2S/c1-4-10-5-6-11(8-10)14-16-12(7-9(2)3)13(19-14)15(17)18/h9-11H,4-8H2,1-3H3,(H,17,18). The maximum absolute atomic E-state index is 11.3. The van der Waals surface area contributed by atoms with Gasteiger partial charge in [-0.15, -0.1) is 11.3 Å². The minimum Gasteiger partial charge on any atom is -0.477 e. The van der Waals surface area contributed by atoms with Gasteiger partial charge in [-0.1, -0.05) is 27.2 Å². The summed E-state index contributed by atoms with van der Waals surface area (Å²) in [4.78, 5) is 16.4. The van der Waals surface area contributed by atoms with Gasteiger partial charge in [0.15, 0.2) is 0 Å². The first kappa shape index (κ1) is 14.5. The van der Waals surface area contributed by atoms with E-state index in [0.717, 1.165) is 23.0 Å². The Labute approximate surface area is 119 Å². The second-order valence-electron chi connectivity index (χ2n) is 6.02. The maximum Gasteiger partial charge on any atom is 0.347 e. The third-order valence-electron chi connectivity index (χ3n) is 3.98. The molecule has 2 rings (SSSR count). The Morgan fingerprint density at radius 2 is 2.21 bits per heavy atom. The van der Waals surface area contributed by atoms with Gasteiger partial charge in [0.2, 0.25) is 0 Å². The average Bonchev–Trinajstić information content (AvgIpc) is 2.93. The second-order valence-corrected chi connectivity index (χ2v) is 7.05. The summed E-state index contributed by atoms with van der Waals surface area (Å²) in [6.45, 7) is 6.45. The first-order valence-corrected chi connectivity index (χ1v) is 8.05. The van der Waals surface area contributed by atoms with Crippen LogP contribution in [0.3, 0.4) is 0 Å². The zero-order valence-electron chi connectivity index (χ0n) is 12.0. The Morgan fingerprint density at radius 3 is 2.74 bits per heavy atom. The van der Waals surface area contributed by atoms with Gasteiger partial charge in [-0.25, -0.2) is 9.78 Å². The van der Waals surface area contributed by atoms with Gasteiger partial charge in [-0.2, -0.15) is 0 Å². The number of carbonyl (C=O) groups is 1. The summed E-state index contributed by atoms with van der Waals surface area (Å²) < 4.78 is 0. The Hall–Kier alpha value is -0.900. The molecule has 106 valence electrons. The van der Waals surface area contributed by atoms with Crippen LogP contribution in [0.25, 0.3) is 0 Å². The lowest BCUT2D eigenvalue weighted by atomic mass is 10.0. The molecule has 1 aromatic heterocycles. The normalized spacial score (nSPS) is 23.2. The van der Waals surface area contributed by atoms with Crippen LogP contribution in [0.1, 0.15) is 72.7 Å². The zero-order valence-corrected chi connectivity index (χ0v) is 12.8. The van der Waals surface area contributed by atoms with Crippen LogP contribution >= 0.6 is 11.3 Å². The third kappa shape index (κ3) is 3.35. The molecule has 1 N–H and O–H groups in total. The van der Waals surface area contributed by atoms with Crippen LogP contribution in [0.5, 0.6) is 0 Å². The van der Waals surface area contributed by atoms with Crippen LogP contribution in [0.4, 0.5) is 0 Å². The molecule has 2 atom stereocenters. The van der Waals surface area contributed by atoms with Crippen LogP contribution in [0, 0.1) is 11.8 Å². The van der Waals surface area contributed by atoms with E-state index in [0.29, 0.717) is 16.7 Å². The molecule has 0 spiro atoms. The molecule has 0 bridgehead atoms. The molecular weight excluding hydrogens is 258 g/mol. The van der Waals surface area contributed by atoms with Crippen molar-refractivity contribution in [1.29, 1.82) is 0 Å². The smallest absolute Gasteiger partial charge is 0.347 e. The van der Waals surface area contributed by atoms with E-state index in [1.165, 1.54) is 37.0 Å². The molecule has 4 heteroatoms. The van der Waals surface area contributed by atoms with E-state index in [4.69, 9.17) is 0 Å². The van der Waals surface area contributed by atoms with E-state index in [9.17, 15) is 9.90 Å². The van der Waals surface area contributed by atoms with Gasteiger partial charge in [0.1, 0.15) is 4.88 Å². The van der Waals surface area contributed by atoms with Crippen LogP contribution in [0.2, 0.25) is 0 Å². The number of carboxylic acids is 1. The zero-order chi connectivity index (χ0) is 14.0. The highest BCUT2D eigenvalue weighted by atomic mass is 32.1. The molecule has 0 saturated heterocycles. The summed E-state index contributed by atoms with van der Waals surface area (Å²) in [6, 6.07) is 0. The average molecular weight is 281 g/mol. The van der Waals surface area contributed by atoms with Gasteiger partial charge in [0.05, 0.1) is 10.7 Å².